The second-order valence-electron chi connectivity index (χ2n) is 15.1. The van der Waals surface area contributed by atoms with E-state index in [9.17, 15) is 30.3 Å². The van der Waals surface area contributed by atoms with Gasteiger partial charge >= 0.3 is 0 Å². The molecule has 0 radical (unpaired) electrons. The Hall–Kier alpha value is -2.77. The molecule has 3 saturated carbocycles. The van der Waals surface area contributed by atoms with E-state index in [4.69, 9.17) is 0 Å². The van der Waals surface area contributed by atoms with Crippen molar-refractivity contribution in [3.63, 3.8) is 0 Å². The van der Waals surface area contributed by atoms with E-state index < -0.39 is 17.1 Å². The van der Waals surface area contributed by atoms with Crippen molar-refractivity contribution in [1.82, 2.24) is 0 Å². The summed E-state index contributed by atoms with van der Waals surface area (Å²) in [5.74, 6) is -0.236. The molecule has 3 fully saturated rings. The highest BCUT2D eigenvalue weighted by Gasteiger charge is 2.64. The standard InChI is InChI=1S/C42H60O6/c1-29(2)11-8-12-30(3)13-9-16-33(28-44)35-23-25-42(40(35)47)37(17-10-26-43)36(22-24-41(42,4)48)39(32-14-6-5-7-15-32)38(46)27-31-18-20-34(45)21-19-31/h9,11,13,16,18-21,32,35,37,40,43-45,47-48H,3,5-8,10,12,14-15,17,22-28H2,1-2,4H3. The lowest BCUT2D eigenvalue weighted by molar-refractivity contribution is -0.168. The molecule has 0 saturated heterocycles. The van der Waals surface area contributed by atoms with Crippen LogP contribution in [0.25, 0.3) is 0 Å². The van der Waals surface area contributed by atoms with Gasteiger partial charge < -0.3 is 25.5 Å². The van der Waals surface area contributed by atoms with Gasteiger partial charge in [0.15, 0.2) is 5.78 Å². The van der Waals surface area contributed by atoms with Crippen LogP contribution < -0.4 is 0 Å². The van der Waals surface area contributed by atoms with E-state index in [0.29, 0.717) is 38.5 Å². The molecule has 4 rings (SSSR count). The maximum Gasteiger partial charge on any atom is 0.163 e. The van der Waals surface area contributed by atoms with Crippen LogP contribution in [-0.4, -0.2) is 56.2 Å². The molecule has 1 aromatic rings. The van der Waals surface area contributed by atoms with Gasteiger partial charge in [-0.15, -0.1) is 0 Å². The minimum atomic E-state index is -1.20. The van der Waals surface area contributed by atoms with Crippen LogP contribution in [0.1, 0.15) is 110 Å². The summed E-state index contributed by atoms with van der Waals surface area (Å²) in [4.78, 5) is 14.4. The van der Waals surface area contributed by atoms with E-state index in [1.807, 2.05) is 25.2 Å². The van der Waals surface area contributed by atoms with Crippen LogP contribution in [0.15, 0.2) is 83.0 Å². The molecule has 1 spiro atoms. The van der Waals surface area contributed by atoms with Crippen molar-refractivity contribution in [2.24, 2.45) is 23.2 Å². The number of carbonyl (C=O) groups is 1. The molecule has 6 nitrogen and oxygen atoms in total. The van der Waals surface area contributed by atoms with Gasteiger partial charge in [-0.1, -0.05) is 79.0 Å². The Balaban J connectivity index is 1.73. The average molecular weight is 661 g/mol. The van der Waals surface area contributed by atoms with Gasteiger partial charge in [0.1, 0.15) is 5.75 Å². The highest BCUT2D eigenvalue weighted by molar-refractivity contribution is 5.98. The van der Waals surface area contributed by atoms with Gasteiger partial charge in [-0.3, -0.25) is 4.79 Å². The quantitative estimate of drug-likeness (QED) is 0.0788. The Morgan fingerprint density at radius 3 is 2.40 bits per heavy atom. The van der Waals surface area contributed by atoms with Gasteiger partial charge in [0.25, 0.3) is 0 Å². The van der Waals surface area contributed by atoms with E-state index in [2.05, 4.69) is 26.5 Å². The minimum Gasteiger partial charge on any atom is -0.508 e. The predicted molar refractivity (Wildman–Crippen MR) is 193 cm³/mol. The number of aliphatic hydroxyl groups excluding tert-OH is 3. The van der Waals surface area contributed by atoms with Gasteiger partial charge in [-0.2, -0.15) is 0 Å². The molecule has 0 amide bonds. The Bertz CT molecular complexity index is 1370. The number of phenolic OH excluding ortho intramolecular Hbond substituents is 1. The second-order valence-corrected chi connectivity index (χ2v) is 15.1. The number of Topliss-reactive ketones (excluding diaryl/α,β-unsaturated/α-hetero) is 1. The number of allylic oxidation sites excluding steroid dienone is 8. The van der Waals surface area contributed by atoms with Gasteiger partial charge in [0, 0.05) is 24.4 Å². The van der Waals surface area contributed by atoms with Gasteiger partial charge in [-0.25, -0.2) is 0 Å². The van der Waals surface area contributed by atoms with E-state index in [-0.39, 0.29) is 48.9 Å². The Kier molecular flexibility index (Phi) is 13.7. The zero-order valence-corrected chi connectivity index (χ0v) is 29.6. The van der Waals surface area contributed by atoms with Crippen molar-refractivity contribution in [3.05, 3.63) is 88.6 Å². The molecule has 6 heteroatoms. The number of hydrogen-bond acceptors (Lipinski definition) is 6. The van der Waals surface area contributed by atoms with E-state index in [1.165, 1.54) is 5.57 Å². The monoisotopic (exact) mass is 660 g/mol. The van der Waals surface area contributed by atoms with Crippen molar-refractivity contribution in [2.75, 3.05) is 13.2 Å². The third-order valence-corrected chi connectivity index (χ3v) is 11.6. The van der Waals surface area contributed by atoms with Crippen LogP contribution in [0.3, 0.4) is 0 Å². The fraction of sp³-hybridized carbons (Fsp3) is 0.595. The number of aromatic hydroxyl groups is 1. The number of carbonyl (C=O) groups excluding carboxylic acids is 1. The first-order chi connectivity index (χ1) is 22.9. The largest absolute Gasteiger partial charge is 0.508 e. The van der Waals surface area contributed by atoms with Crippen LogP contribution in [0.4, 0.5) is 0 Å². The molecule has 3 aliphatic rings. The molecule has 0 aliphatic heterocycles. The summed E-state index contributed by atoms with van der Waals surface area (Å²) in [5.41, 5.74) is 3.67. The summed E-state index contributed by atoms with van der Waals surface area (Å²) in [6, 6.07) is 6.83. The van der Waals surface area contributed by atoms with Crippen molar-refractivity contribution < 1.29 is 30.3 Å². The highest BCUT2D eigenvalue weighted by atomic mass is 16.3. The van der Waals surface area contributed by atoms with Crippen LogP contribution >= 0.6 is 0 Å². The normalized spacial score (nSPS) is 29.4. The van der Waals surface area contributed by atoms with Crippen molar-refractivity contribution >= 4 is 5.78 Å². The molecule has 5 atom stereocenters. The average Bonchev–Trinajstić information content (AvgIpc) is 3.40. The fourth-order valence-electron chi connectivity index (χ4n) is 9.12. The summed E-state index contributed by atoms with van der Waals surface area (Å²) in [7, 11) is 0. The van der Waals surface area contributed by atoms with Crippen LogP contribution in [-0.2, 0) is 11.2 Å². The Morgan fingerprint density at radius 1 is 1.04 bits per heavy atom. The maximum absolute atomic E-state index is 14.4. The van der Waals surface area contributed by atoms with Crippen molar-refractivity contribution in [1.29, 1.82) is 0 Å². The molecule has 0 bridgehead atoms. The lowest BCUT2D eigenvalue weighted by Crippen LogP contribution is -2.59. The number of ketones is 1. The highest BCUT2D eigenvalue weighted by Crippen LogP contribution is 2.63. The number of benzene rings is 1. The summed E-state index contributed by atoms with van der Waals surface area (Å²) >= 11 is 0. The van der Waals surface area contributed by atoms with E-state index in [1.54, 1.807) is 24.3 Å². The maximum atomic E-state index is 14.4. The van der Waals surface area contributed by atoms with E-state index in [0.717, 1.165) is 72.8 Å². The first-order valence-corrected chi connectivity index (χ1v) is 18.3. The van der Waals surface area contributed by atoms with Crippen LogP contribution in [0, 0.1) is 23.2 Å². The molecule has 5 unspecified atom stereocenters. The topological polar surface area (TPSA) is 118 Å². The summed E-state index contributed by atoms with van der Waals surface area (Å²) < 4.78 is 0. The van der Waals surface area contributed by atoms with Crippen molar-refractivity contribution in [3.8, 4) is 5.75 Å². The summed E-state index contributed by atoms with van der Waals surface area (Å²) in [6.45, 7) is 9.97. The summed E-state index contributed by atoms with van der Waals surface area (Å²) in [6.07, 6.45) is 17.5. The molecule has 3 aliphatic carbocycles. The molecular formula is C42H60O6. The molecule has 48 heavy (non-hydrogen) atoms. The smallest absolute Gasteiger partial charge is 0.163 e. The number of rotatable bonds is 14. The molecule has 5 N–H and O–H groups in total. The molecule has 0 aromatic heterocycles. The third-order valence-electron chi connectivity index (χ3n) is 11.6. The van der Waals surface area contributed by atoms with Crippen LogP contribution in [0.2, 0.25) is 0 Å². The first-order valence-electron chi connectivity index (χ1n) is 18.3. The Labute approximate surface area is 288 Å². The van der Waals surface area contributed by atoms with Crippen molar-refractivity contribution in [2.45, 2.75) is 122 Å². The summed E-state index contributed by atoms with van der Waals surface area (Å²) in [5, 5.41) is 55.0. The zero-order chi connectivity index (χ0) is 34.9. The molecule has 1 aromatic carbocycles. The lowest BCUT2D eigenvalue weighted by atomic mass is 9.52. The fourth-order valence-corrected chi connectivity index (χ4v) is 9.12. The van der Waals surface area contributed by atoms with Gasteiger partial charge in [0.2, 0.25) is 0 Å². The second kappa shape index (κ2) is 17.2. The zero-order valence-electron chi connectivity index (χ0n) is 29.6. The molecular weight excluding hydrogens is 600 g/mol. The van der Waals surface area contributed by atoms with E-state index >= 15 is 0 Å². The third kappa shape index (κ3) is 8.68. The minimum absolute atomic E-state index is 0.00810. The number of aliphatic hydroxyl groups is 4. The molecule has 0 heterocycles. The molecule has 264 valence electrons. The van der Waals surface area contributed by atoms with Gasteiger partial charge in [-0.05, 0) is 126 Å². The number of phenols is 1. The number of hydrogen-bond donors (Lipinski definition) is 5. The van der Waals surface area contributed by atoms with Gasteiger partial charge in [0.05, 0.1) is 18.3 Å². The lowest BCUT2D eigenvalue weighted by Gasteiger charge is -2.56. The first kappa shape index (κ1) is 38.0. The SMILES string of the molecule is C=C(C=CC=C(CO)C1CCC2(C(CCCO)C(=C(C(=O)Cc3ccc(O)cc3)C3CCCCC3)CCC2(C)O)C1O)CCC=C(C)C. The Morgan fingerprint density at radius 2 is 1.75 bits per heavy atom. The predicted octanol–water partition coefficient (Wildman–Crippen LogP) is 7.85. The van der Waals surface area contributed by atoms with Crippen LogP contribution in [0.5, 0.6) is 5.75 Å².